The first-order valence-electron chi connectivity index (χ1n) is 4.46. The van der Waals surface area contributed by atoms with Crippen LogP contribution in [0.25, 0.3) is 5.82 Å². The molecule has 0 aliphatic heterocycles. The zero-order valence-electron chi connectivity index (χ0n) is 8.48. The van der Waals surface area contributed by atoms with Crippen LogP contribution in [0.2, 0.25) is 0 Å². The van der Waals surface area contributed by atoms with Crippen molar-refractivity contribution in [2.45, 2.75) is 13.8 Å². The molecule has 0 fully saturated rings. The maximum absolute atomic E-state index is 11.1. The maximum Gasteiger partial charge on any atom is 0.266 e. The van der Waals surface area contributed by atoms with Gasteiger partial charge in [-0.1, -0.05) is 0 Å². The quantitative estimate of drug-likeness (QED) is 0.693. The van der Waals surface area contributed by atoms with Crippen molar-refractivity contribution in [2.24, 2.45) is 0 Å². The number of H-pyrrole nitrogens is 1. The zero-order chi connectivity index (χ0) is 11.0. The smallest absolute Gasteiger partial charge is 0.266 e. The molecule has 6 nitrogen and oxygen atoms in total. The number of nitrogens with one attached hydrogen (secondary N) is 1. The van der Waals surface area contributed by atoms with Crippen LogP contribution in [0, 0.1) is 13.8 Å². The molecule has 15 heavy (non-hydrogen) atoms. The van der Waals surface area contributed by atoms with E-state index in [-0.39, 0.29) is 5.56 Å². The van der Waals surface area contributed by atoms with E-state index in [0.29, 0.717) is 17.5 Å². The van der Waals surface area contributed by atoms with E-state index < -0.39 is 0 Å². The zero-order valence-corrected chi connectivity index (χ0v) is 8.48. The van der Waals surface area contributed by atoms with E-state index in [4.69, 9.17) is 5.73 Å². The van der Waals surface area contributed by atoms with Gasteiger partial charge in [0.2, 0.25) is 0 Å². The molecule has 2 aromatic heterocycles. The van der Waals surface area contributed by atoms with Gasteiger partial charge in [-0.05, 0) is 13.8 Å². The molecule has 0 aliphatic rings. The average molecular weight is 205 g/mol. The Labute approximate surface area is 85.8 Å². The minimum Gasteiger partial charge on any atom is -0.383 e. The molecule has 0 saturated carbocycles. The van der Waals surface area contributed by atoms with Gasteiger partial charge in [0.25, 0.3) is 5.56 Å². The highest BCUT2D eigenvalue weighted by Gasteiger charge is 2.05. The van der Waals surface area contributed by atoms with Crippen molar-refractivity contribution in [1.82, 2.24) is 19.7 Å². The van der Waals surface area contributed by atoms with E-state index in [1.807, 2.05) is 6.92 Å². The summed E-state index contributed by atoms with van der Waals surface area (Å²) >= 11 is 0. The van der Waals surface area contributed by atoms with Gasteiger partial charge in [-0.15, -0.1) is 0 Å². The number of nitrogen functional groups attached to an aromatic ring is 1. The lowest BCUT2D eigenvalue weighted by Gasteiger charge is -2.05. The summed E-state index contributed by atoms with van der Waals surface area (Å²) in [5, 5.41) is 2.56. The van der Waals surface area contributed by atoms with Crippen LogP contribution < -0.4 is 11.3 Å². The van der Waals surface area contributed by atoms with Crippen molar-refractivity contribution in [2.75, 3.05) is 5.73 Å². The normalized spacial score (nSPS) is 10.5. The Balaban J connectivity index is 2.63. The third kappa shape index (κ3) is 1.74. The summed E-state index contributed by atoms with van der Waals surface area (Å²) in [7, 11) is 0. The Bertz CT molecular complexity index is 534. The summed E-state index contributed by atoms with van der Waals surface area (Å²) in [6.07, 6.45) is 0. The van der Waals surface area contributed by atoms with Crippen molar-refractivity contribution in [3.63, 3.8) is 0 Å². The molecule has 0 aliphatic carbocycles. The molecule has 0 bridgehead atoms. The summed E-state index contributed by atoms with van der Waals surface area (Å²) in [5.74, 6) is 1.54. The van der Waals surface area contributed by atoms with Gasteiger partial charge in [-0.2, -0.15) is 0 Å². The first-order valence-corrected chi connectivity index (χ1v) is 4.46. The molecule has 0 radical (unpaired) electrons. The predicted octanol–water partition coefficient (Wildman–Crippen LogP) is 0.155. The minimum absolute atomic E-state index is 0.249. The molecule has 0 atom stereocenters. The molecule has 0 amide bonds. The molecule has 2 heterocycles. The number of aromatic amines is 1. The Hall–Kier alpha value is -2.11. The summed E-state index contributed by atoms with van der Waals surface area (Å²) in [5.41, 5.74) is 6.22. The van der Waals surface area contributed by atoms with Crippen LogP contribution in [0.5, 0.6) is 0 Å². The van der Waals surface area contributed by atoms with Gasteiger partial charge in [0.05, 0.1) is 0 Å². The van der Waals surface area contributed by atoms with Gasteiger partial charge < -0.3 is 5.73 Å². The average Bonchev–Trinajstić information content (AvgIpc) is 2.43. The van der Waals surface area contributed by atoms with Crippen LogP contribution in [0.15, 0.2) is 16.9 Å². The van der Waals surface area contributed by atoms with Gasteiger partial charge in [-0.25, -0.2) is 14.6 Å². The van der Waals surface area contributed by atoms with E-state index >= 15 is 0 Å². The molecular weight excluding hydrogens is 194 g/mol. The molecule has 0 saturated heterocycles. The van der Waals surface area contributed by atoms with E-state index in [0.717, 1.165) is 5.69 Å². The second kappa shape index (κ2) is 3.23. The topological polar surface area (TPSA) is 89.6 Å². The Morgan fingerprint density at radius 1 is 1.33 bits per heavy atom. The van der Waals surface area contributed by atoms with Gasteiger partial charge in [-0.3, -0.25) is 9.89 Å². The Morgan fingerprint density at radius 3 is 2.60 bits per heavy atom. The summed E-state index contributed by atoms with van der Waals surface area (Å²) in [4.78, 5) is 19.4. The van der Waals surface area contributed by atoms with Crippen molar-refractivity contribution in [1.29, 1.82) is 0 Å². The van der Waals surface area contributed by atoms with Crippen LogP contribution >= 0.6 is 0 Å². The maximum atomic E-state index is 11.1. The van der Waals surface area contributed by atoms with Crippen molar-refractivity contribution in [3.05, 3.63) is 34.0 Å². The second-order valence-electron chi connectivity index (χ2n) is 3.30. The molecular formula is C9H11N5O. The highest BCUT2D eigenvalue weighted by atomic mass is 16.1. The number of hydrogen-bond acceptors (Lipinski definition) is 4. The molecule has 0 aromatic carbocycles. The number of aromatic nitrogens is 4. The highest BCUT2D eigenvalue weighted by molar-refractivity contribution is 5.37. The summed E-state index contributed by atoms with van der Waals surface area (Å²) in [6.45, 7) is 3.64. The first-order chi connectivity index (χ1) is 7.06. The number of aryl methyl sites for hydroxylation is 2. The van der Waals surface area contributed by atoms with Crippen molar-refractivity contribution >= 4 is 5.82 Å². The third-order valence-corrected chi connectivity index (χ3v) is 1.94. The number of nitrogens with zero attached hydrogens (tertiary/aromatic N) is 3. The number of anilines is 1. The fourth-order valence-corrected chi connectivity index (χ4v) is 1.41. The number of hydrogen-bond donors (Lipinski definition) is 2. The Kier molecular flexibility index (Phi) is 2.03. The molecule has 3 N–H and O–H groups in total. The summed E-state index contributed by atoms with van der Waals surface area (Å²) < 4.78 is 1.43. The number of nitrogens with two attached hydrogens (primary N) is 1. The van der Waals surface area contributed by atoms with Crippen molar-refractivity contribution in [3.8, 4) is 5.82 Å². The second-order valence-corrected chi connectivity index (χ2v) is 3.30. The lowest BCUT2D eigenvalue weighted by Crippen LogP contribution is -2.08. The fraction of sp³-hybridized carbons (Fsp3) is 0.222. The van der Waals surface area contributed by atoms with Crippen LogP contribution in [0.1, 0.15) is 11.5 Å². The number of rotatable bonds is 1. The van der Waals surface area contributed by atoms with Gasteiger partial charge >= 0.3 is 0 Å². The fourth-order valence-electron chi connectivity index (χ4n) is 1.41. The highest BCUT2D eigenvalue weighted by Crippen LogP contribution is 2.08. The third-order valence-electron chi connectivity index (χ3n) is 1.94. The van der Waals surface area contributed by atoms with E-state index in [2.05, 4.69) is 15.1 Å². The molecule has 0 spiro atoms. The summed E-state index contributed by atoms with van der Waals surface area (Å²) in [6, 6.07) is 3.06. The van der Waals surface area contributed by atoms with Gasteiger partial charge in [0.15, 0.2) is 5.82 Å². The SMILES string of the molecule is Cc1cc(-n2[nH]c(=O)cc2N)nc(C)n1. The monoisotopic (exact) mass is 205 g/mol. The Morgan fingerprint density at radius 2 is 2.07 bits per heavy atom. The standard InChI is InChI=1S/C9H11N5O/c1-5-3-8(12-6(2)11-5)14-7(10)4-9(15)13-14/h3-4H,10H2,1-2H3,(H,13,15). The van der Waals surface area contributed by atoms with E-state index in [1.165, 1.54) is 10.7 Å². The molecule has 78 valence electrons. The lowest BCUT2D eigenvalue weighted by molar-refractivity contribution is 0.819. The molecule has 0 unspecified atom stereocenters. The van der Waals surface area contributed by atoms with Gasteiger partial charge in [0, 0.05) is 17.8 Å². The molecule has 2 rings (SSSR count). The predicted molar refractivity (Wildman–Crippen MR) is 55.9 cm³/mol. The van der Waals surface area contributed by atoms with Gasteiger partial charge in [0.1, 0.15) is 11.6 Å². The largest absolute Gasteiger partial charge is 0.383 e. The molecule has 2 aromatic rings. The van der Waals surface area contributed by atoms with Crippen LogP contribution in [0.3, 0.4) is 0 Å². The minimum atomic E-state index is -0.249. The van der Waals surface area contributed by atoms with E-state index in [9.17, 15) is 4.79 Å². The first kappa shape index (κ1) is 9.45. The molecule has 6 heteroatoms. The van der Waals surface area contributed by atoms with Crippen LogP contribution in [0.4, 0.5) is 5.82 Å². The van der Waals surface area contributed by atoms with E-state index in [1.54, 1.807) is 13.0 Å². The van der Waals surface area contributed by atoms with Crippen molar-refractivity contribution < 1.29 is 0 Å². The van der Waals surface area contributed by atoms with Crippen LogP contribution in [-0.4, -0.2) is 19.7 Å². The lowest BCUT2D eigenvalue weighted by atomic mass is 10.4. The van der Waals surface area contributed by atoms with Crippen LogP contribution in [-0.2, 0) is 0 Å².